The summed E-state index contributed by atoms with van der Waals surface area (Å²) in [4.78, 5) is 17.7. The lowest BCUT2D eigenvalue weighted by molar-refractivity contribution is 0.414. The number of aryl methyl sites for hydroxylation is 1. The molecule has 31 heavy (non-hydrogen) atoms. The minimum absolute atomic E-state index is 0.107. The summed E-state index contributed by atoms with van der Waals surface area (Å²) in [5.74, 6) is 0.784. The van der Waals surface area contributed by atoms with Crippen molar-refractivity contribution in [2.24, 2.45) is 0 Å². The number of halogens is 1. The highest BCUT2D eigenvalue weighted by Gasteiger charge is 2.16. The Balaban J connectivity index is 1.61. The highest BCUT2D eigenvalue weighted by Crippen LogP contribution is 2.29. The lowest BCUT2D eigenvalue weighted by Crippen LogP contribution is -2.21. The third kappa shape index (κ3) is 3.35. The summed E-state index contributed by atoms with van der Waals surface area (Å²) in [7, 11) is 1.63. The number of ether oxygens (including phenoxy) is 1. The summed E-state index contributed by atoms with van der Waals surface area (Å²) in [6.45, 7) is 2.40. The number of rotatable bonds is 4. The molecule has 0 bridgehead atoms. The molecule has 0 aliphatic rings. The van der Waals surface area contributed by atoms with E-state index in [0.717, 1.165) is 33.7 Å². The van der Waals surface area contributed by atoms with Gasteiger partial charge in [0.15, 0.2) is 5.65 Å². The van der Waals surface area contributed by atoms with Crippen molar-refractivity contribution in [3.63, 3.8) is 0 Å². The predicted octanol–water partition coefficient (Wildman–Crippen LogP) is 4.73. The second kappa shape index (κ2) is 7.56. The summed E-state index contributed by atoms with van der Waals surface area (Å²) in [5, 5.41) is 5.87. The van der Waals surface area contributed by atoms with E-state index >= 15 is 0 Å². The molecule has 0 saturated carbocycles. The van der Waals surface area contributed by atoms with Gasteiger partial charge in [-0.05, 0) is 48.4 Å². The fourth-order valence-corrected chi connectivity index (χ4v) is 3.95. The maximum Gasteiger partial charge on any atom is 0.261 e. The Morgan fingerprint density at radius 1 is 1.03 bits per heavy atom. The molecule has 0 aliphatic carbocycles. The maximum absolute atomic E-state index is 13.1. The van der Waals surface area contributed by atoms with Gasteiger partial charge in [-0.1, -0.05) is 35.9 Å². The van der Waals surface area contributed by atoms with Crippen LogP contribution >= 0.6 is 11.6 Å². The Morgan fingerprint density at radius 3 is 2.48 bits per heavy atom. The zero-order valence-electron chi connectivity index (χ0n) is 17.0. The molecule has 0 fully saturated rings. The zero-order chi connectivity index (χ0) is 21.5. The number of pyridine rings is 1. The second-order valence-electron chi connectivity index (χ2n) is 7.36. The van der Waals surface area contributed by atoms with Gasteiger partial charge in [-0.15, -0.1) is 0 Å². The lowest BCUT2D eigenvalue weighted by atomic mass is 10.1. The first-order chi connectivity index (χ1) is 15.0. The van der Waals surface area contributed by atoms with Crippen LogP contribution in [0.25, 0.3) is 27.7 Å². The minimum Gasteiger partial charge on any atom is -0.497 e. The summed E-state index contributed by atoms with van der Waals surface area (Å²) in [6, 6.07) is 17.2. The van der Waals surface area contributed by atoms with Crippen molar-refractivity contribution in [3.05, 3.63) is 93.6 Å². The van der Waals surface area contributed by atoms with E-state index in [1.54, 1.807) is 28.6 Å². The summed E-state index contributed by atoms with van der Waals surface area (Å²) >= 11 is 6.03. The van der Waals surface area contributed by atoms with Gasteiger partial charge in [0.05, 0.1) is 30.3 Å². The molecular weight excluding hydrogens is 412 g/mol. The van der Waals surface area contributed by atoms with Crippen LogP contribution in [0.3, 0.4) is 0 Å². The molecule has 0 radical (unpaired) electrons. The van der Waals surface area contributed by atoms with Gasteiger partial charge in [0.25, 0.3) is 5.56 Å². The molecule has 0 N–H and O–H groups in total. The average molecular weight is 431 g/mol. The molecule has 5 rings (SSSR count). The summed E-state index contributed by atoms with van der Waals surface area (Å²) in [6.07, 6.45) is 3.44. The molecule has 0 aliphatic heterocycles. The predicted molar refractivity (Wildman–Crippen MR) is 122 cm³/mol. The van der Waals surface area contributed by atoms with E-state index in [4.69, 9.17) is 16.3 Å². The van der Waals surface area contributed by atoms with Crippen molar-refractivity contribution in [3.8, 4) is 16.9 Å². The van der Waals surface area contributed by atoms with Crippen LogP contribution in [-0.2, 0) is 6.54 Å². The molecule has 154 valence electrons. The molecule has 3 heterocycles. The lowest BCUT2D eigenvalue weighted by Gasteiger charge is -2.09. The number of fused-ring (bicyclic) bond motifs is 3. The fraction of sp³-hybridized carbons (Fsp3) is 0.125. The SMILES string of the molecule is COc1ccc(Cn2ccc3c(cnc4c(-c5ccc(Cl)cc5)c(C)nn43)c2=O)cc1. The molecule has 2 aromatic carbocycles. The molecule has 0 atom stereocenters. The molecule has 0 amide bonds. The van der Waals surface area contributed by atoms with E-state index in [1.807, 2.05) is 61.5 Å². The first-order valence-corrected chi connectivity index (χ1v) is 10.2. The topological polar surface area (TPSA) is 61.4 Å². The average Bonchev–Trinajstić information content (AvgIpc) is 3.13. The molecule has 6 nitrogen and oxygen atoms in total. The van der Waals surface area contributed by atoms with Gasteiger partial charge in [0, 0.05) is 23.0 Å². The van der Waals surface area contributed by atoms with Gasteiger partial charge in [-0.25, -0.2) is 9.50 Å². The van der Waals surface area contributed by atoms with Crippen LogP contribution in [0.15, 0.2) is 71.8 Å². The third-order valence-corrected chi connectivity index (χ3v) is 5.66. The van der Waals surface area contributed by atoms with Crippen molar-refractivity contribution in [1.29, 1.82) is 0 Å². The van der Waals surface area contributed by atoms with Gasteiger partial charge >= 0.3 is 0 Å². The monoisotopic (exact) mass is 430 g/mol. The number of hydrogen-bond acceptors (Lipinski definition) is 4. The summed E-state index contributed by atoms with van der Waals surface area (Å²) < 4.78 is 8.62. The Bertz CT molecular complexity index is 1470. The van der Waals surface area contributed by atoms with Crippen molar-refractivity contribution < 1.29 is 4.74 Å². The van der Waals surface area contributed by atoms with Crippen LogP contribution in [0, 0.1) is 6.92 Å². The van der Waals surface area contributed by atoms with E-state index in [9.17, 15) is 4.79 Å². The van der Waals surface area contributed by atoms with Gasteiger partial charge in [0.1, 0.15) is 5.75 Å². The van der Waals surface area contributed by atoms with E-state index < -0.39 is 0 Å². The smallest absolute Gasteiger partial charge is 0.261 e. The quantitative estimate of drug-likeness (QED) is 0.413. The van der Waals surface area contributed by atoms with Crippen LogP contribution in [0.4, 0.5) is 0 Å². The van der Waals surface area contributed by atoms with E-state index in [2.05, 4.69) is 10.1 Å². The van der Waals surface area contributed by atoms with Crippen molar-refractivity contribution in [2.75, 3.05) is 7.11 Å². The fourth-order valence-electron chi connectivity index (χ4n) is 3.82. The van der Waals surface area contributed by atoms with Crippen molar-refractivity contribution >= 4 is 28.2 Å². The van der Waals surface area contributed by atoms with Crippen molar-refractivity contribution in [1.82, 2.24) is 19.2 Å². The van der Waals surface area contributed by atoms with Gasteiger partial charge in [0.2, 0.25) is 0 Å². The normalized spacial score (nSPS) is 11.3. The van der Waals surface area contributed by atoms with E-state index in [1.165, 1.54) is 0 Å². The van der Waals surface area contributed by atoms with Crippen molar-refractivity contribution in [2.45, 2.75) is 13.5 Å². The van der Waals surface area contributed by atoms with Crippen LogP contribution in [0.2, 0.25) is 5.02 Å². The number of benzene rings is 2. The maximum atomic E-state index is 13.1. The number of methoxy groups -OCH3 is 1. The van der Waals surface area contributed by atoms with Gasteiger partial charge in [-0.2, -0.15) is 5.10 Å². The first kappa shape index (κ1) is 19.3. The van der Waals surface area contributed by atoms with Gasteiger partial charge in [-0.3, -0.25) is 4.79 Å². The minimum atomic E-state index is -0.107. The van der Waals surface area contributed by atoms with E-state index in [-0.39, 0.29) is 5.56 Å². The molecule has 0 saturated heterocycles. The highest BCUT2D eigenvalue weighted by atomic mass is 35.5. The Hall–Kier alpha value is -3.64. The number of aromatic nitrogens is 4. The van der Waals surface area contributed by atoms with Crippen LogP contribution < -0.4 is 10.3 Å². The Labute approximate surface area is 183 Å². The largest absolute Gasteiger partial charge is 0.497 e. The molecule has 5 aromatic rings. The molecular formula is C24H19ClN4O2. The van der Waals surface area contributed by atoms with Crippen LogP contribution in [0.5, 0.6) is 5.75 Å². The second-order valence-corrected chi connectivity index (χ2v) is 7.79. The zero-order valence-corrected chi connectivity index (χ0v) is 17.8. The first-order valence-electron chi connectivity index (χ1n) is 9.81. The standard InChI is InChI=1S/C24H19ClN4O2/c1-15-22(17-5-7-18(25)8-6-17)23-26-13-20-21(29(23)27-15)11-12-28(24(20)30)14-16-3-9-19(31-2)10-4-16/h3-13H,14H2,1-2H3. The Kier molecular flexibility index (Phi) is 4.71. The number of hydrogen-bond donors (Lipinski definition) is 0. The van der Waals surface area contributed by atoms with Crippen LogP contribution in [0.1, 0.15) is 11.3 Å². The third-order valence-electron chi connectivity index (χ3n) is 5.40. The van der Waals surface area contributed by atoms with Crippen LogP contribution in [-0.4, -0.2) is 26.3 Å². The van der Waals surface area contributed by atoms with E-state index in [0.29, 0.717) is 22.6 Å². The Morgan fingerprint density at radius 2 is 1.77 bits per heavy atom. The highest BCUT2D eigenvalue weighted by molar-refractivity contribution is 6.30. The molecule has 7 heteroatoms. The molecule has 0 unspecified atom stereocenters. The number of nitrogens with zero attached hydrogens (tertiary/aromatic N) is 4. The summed E-state index contributed by atoms with van der Waals surface area (Å²) in [5.41, 5.74) is 5.09. The molecule has 0 spiro atoms. The van der Waals surface area contributed by atoms with Gasteiger partial charge < -0.3 is 9.30 Å². The molecule has 3 aromatic heterocycles.